The molecule has 0 spiro atoms. The van der Waals surface area contributed by atoms with Gasteiger partial charge < -0.3 is 20.1 Å². The summed E-state index contributed by atoms with van der Waals surface area (Å²) in [6.07, 6.45) is 4.75. The lowest BCUT2D eigenvalue weighted by Gasteiger charge is -2.30. The van der Waals surface area contributed by atoms with E-state index in [9.17, 15) is 0 Å². The normalized spacial score (nSPS) is 20.8. The van der Waals surface area contributed by atoms with Crippen LogP contribution in [0.5, 0.6) is 0 Å². The van der Waals surface area contributed by atoms with Crippen LogP contribution >= 0.6 is 0 Å². The highest BCUT2D eigenvalue weighted by molar-refractivity contribution is 5.79. The minimum Gasteiger partial charge on any atom is -0.381 e. The van der Waals surface area contributed by atoms with Crippen LogP contribution < -0.4 is 10.6 Å². The van der Waals surface area contributed by atoms with Gasteiger partial charge >= 0.3 is 0 Å². The highest BCUT2D eigenvalue weighted by Gasteiger charge is 2.16. The molecule has 2 aliphatic heterocycles. The molecule has 0 aliphatic carbocycles. The quantitative estimate of drug-likeness (QED) is 0.320. The molecule has 2 heterocycles. The van der Waals surface area contributed by atoms with Crippen LogP contribution in [0.2, 0.25) is 0 Å². The summed E-state index contributed by atoms with van der Waals surface area (Å²) in [5.41, 5.74) is 2.66. The van der Waals surface area contributed by atoms with Gasteiger partial charge in [0.15, 0.2) is 5.96 Å². The van der Waals surface area contributed by atoms with Crippen molar-refractivity contribution in [2.45, 2.75) is 52.6 Å². The first-order valence-electron chi connectivity index (χ1n) is 12.2. The van der Waals surface area contributed by atoms with E-state index >= 15 is 0 Å². The van der Waals surface area contributed by atoms with Gasteiger partial charge in [-0.1, -0.05) is 31.2 Å². The van der Waals surface area contributed by atoms with E-state index in [1.165, 1.54) is 37.1 Å². The molecule has 2 N–H and O–H groups in total. The van der Waals surface area contributed by atoms with E-state index in [1.807, 2.05) is 0 Å². The van der Waals surface area contributed by atoms with Gasteiger partial charge in [0.2, 0.25) is 0 Å². The molecule has 1 aromatic carbocycles. The predicted molar refractivity (Wildman–Crippen MR) is 127 cm³/mol. The topological polar surface area (TPSA) is 58.1 Å². The monoisotopic (exact) mass is 430 g/mol. The zero-order valence-electron chi connectivity index (χ0n) is 19.6. The number of rotatable bonds is 11. The van der Waals surface area contributed by atoms with E-state index < -0.39 is 0 Å². The average Bonchev–Trinajstić information content (AvgIpc) is 3.30. The second-order valence-electron chi connectivity index (χ2n) is 9.06. The van der Waals surface area contributed by atoms with Crippen molar-refractivity contribution in [3.63, 3.8) is 0 Å². The summed E-state index contributed by atoms with van der Waals surface area (Å²) in [4.78, 5) is 7.37. The zero-order chi connectivity index (χ0) is 21.7. The largest absolute Gasteiger partial charge is 0.381 e. The third-order valence-corrected chi connectivity index (χ3v) is 6.17. The van der Waals surface area contributed by atoms with E-state index in [0.29, 0.717) is 12.5 Å². The third kappa shape index (κ3) is 9.17. The van der Waals surface area contributed by atoms with Gasteiger partial charge in [-0.2, -0.15) is 0 Å². The standard InChI is InChI=1S/C25H42N4O2/c1-3-26-25(27-11-5-14-30-19-24-10-15-31-20-24)28-17-22-6-4-7-23(16-22)18-29-12-8-21(2)9-13-29/h4,6-7,16,21,24H,3,5,8-15,17-20H2,1-2H3,(H2,26,27,28). The second-order valence-corrected chi connectivity index (χ2v) is 9.06. The molecule has 1 unspecified atom stereocenters. The maximum Gasteiger partial charge on any atom is 0.191 e. The van der Waals surface area contributed by atoms with Gasteiger partial charge in [-0.15, -0.1) is 0 Å². The van der Waals surface area contributed by atoms with Gasteiger partial charge in [0.05, 0.1) is 19.8 Å². The lowest BCUT2D eigenvalue weighted by molar-refractivity contribution is 0.0888. The number of hydrogen-bond donors (Lipinski definition) is 2. The number of hydrogen-bond acceptors (Lipinski definition) is 4. The fraction of sp³-hybridized carbons (Fsp3) is 0.720. The lowest BCUT2D eigenvalue weighted by atomic mass is 9.98. The van der Waals surface area contributed by atoms with Crippen molar-refractivity contribution in [3.8, 4) is 0 Å². The van der Waals surface area contributed by atoms with Crippen LogP contribution in [0.4, 0.5) is 0 Å². The molecule has 0 bridgehead atoms. The first-order chi connectivity index (χ1) is 15.2. The molecule has 174 valence electrons. The summed E-state index contributed by atoms with van der Waals surface area (Å²) >= 11 is 0. The minimum absolute atomic E-state index is 0.584. The van der Waals surface area contributed by atoms with E-state index in [1.54, 1.807) is 0 Å². The highest BCUT2D eigenvalue weighted by Crippen LogP contribution is 2.18. The number of ether oxygens (including phenoxy) is 2. The fourth-order valence-electron chi connectivity index (χ4n) is 4.16. The Morgan fingerprint density at radius 3 is 2.81 bits per heavy atom. The number of aliphatic imine (C=N–C) groups is 1. The Hall–Kier alpha value is -1.63. The minimum atomic E-state index is 0.584. The summed E-state index contributed by atoms with van der Waals surface area (Å²) in [6, 6.07) is 8.90. The Morgan fingerprint density at radius 2 is 2.03 bits per heavy atom. The van der Waals surface area contributed by atoms with Crippen LogP contribution in [0, 0.1) is 11.8 Å². The molecule has 0 saturated carbocycles. The van der Waals surface area contributed by atoms with Crippen molar-refractivity contribution in [3.05, 3.63) is 35.4 Å². The molecule has 0 amide bonds. The van der Waals surface area contributed by atoms with Gasteiger partial charge in [0.1, 0.15) is 0 Å². The Balaban J connectivity index is 1.38. The number of guanidine groups is 1. The molecule has 0 radical (unpaired) electrons. The van der Waals surface area contributed by atoms with Crippen LogP contribution in [0.3, 0.4) is 0 Å². The number of nitrogens with zero attached hydrogens (tertiary/aromatic N) is 2. The van der Waals surface area contributed by atoms with Gasteiger partial charge in [-0.05, 0) is 62.7 Å². The number of benzene rings is 1. The van der Waals surface area contributed by atoms with Crippen LogP contribution in [-0.2, 0) is 22.6 Å². The fourth-order valence-corrected chi connectivity index (χ4v) is 4.16. The maximum atomic E-state index is 5.79. The molecule has 3 rings (SSSR count). The highest BCUT2D eigenvalue weighted by atomic mass is 16.5. The Bertz CT molecular complexity index is 653. The summed E-state index contributed by atoms with van der Waals surface area (Å²) in [5.74, 6) is 2.34. The summed E-state index contributed by atoms with van der Waals surface area (Å²) < 4.78 is 11.2. The zero-order valence-corrected chi connectivity index (χ0v) is 19.6. The van der Waals surface area contributed by atoms with Crippen LogP contribution in [0.15, 0.2) is 29.3 Å². The summed E-state index contributed by atoms with van der Waals surface area (Å²) in [7, 11) is 0. The van der Waals surface area contributed by atoms with Gasteiger partial charge in [0.25, 0.3) is 0 Å². The van der Waals surface area contributed by atoms with Crippen molar-refractivity contribution >= 4 is 5.96 Å². The lowest BCUT2D eigenvalue weighted by Crippen LogP contribution is -2.38. The van der Waals surface area contributed by atoms with Crippen molar-refractivity contribution in [1.29, 1.82) is 0 Å². The van der Waals surface area contributed by atoms with Crippen LogP contribution in [0.1, 0.15) is 50.7 Å². The molecule has 2 saturated heterocycles. The Kier molecular flexibility index (Phi) is 10.6. The van der Waals surface area contributed by atoms with Crippen LogP contribution in [-0.4, -0.2) is 63.5 Å². The van der Waals surface area contributed by atoms with E-state index in [4.69, 9.17) is 14.5 Å². The molecule has 1 aromatic rings. The Morgan fingerprint density at radius 1 is 1.19 bits per heavy atom. The van der Waals surface area contributed by atoms with Crippen LogP contribution in [0.25, 0.3) is 0 Å². The van der Waals surface area contributed by atoms with Crippen molar-refractivity contribution < 1.29 is 9.47 Å². The molecule has 0 aromatic heterocycles. The first kappa shape index (κ1) is 24.0. The predicted octanol–water partition coefficient (Wildman–Crippen LogP) is 3.42. The molecular formula is C25H42N4O2. The summed E-state index contributed by atoms with van der Waals surface area (Å²) in [5, 5.41) is 6.78. The first-order valence-corrected chi connectivity index (χ1v) is 12.2. The maximum absolute atomic E-state index is 5.79. The van der Waals surface area contributed by atoms with Gasteiger partial charge in [0, 0.05) is 38.8 Å². The molecule has 6 nitrogen and oxygen atoms in total. The molecule has 31 heavy (non-hydrogen) atoms. The SMILES string of the molecule is CCNC(=NCc1cccc(CN2CCC(C)CC2)c1)NCCCOCC1CCOC1. The van der Waals surface area contributed by atoms with Gasteiger partial charge in [-0.25, -0.2) is 4.99 Å². The van der Waals surface area contributed by atoms with Gasteiger partial charge in [-0.3, -0.25) is 4.90 Å². The molecule has 1 atom stereocenters. The number of nitrogens with one attached hydrogen (secondary N) is 2. The van der Waals surface area contributed by atoms with Crippen molar-refractivity contribution in [1.82, 2.24) is 15.5 Å². The van der Waals surface area contributed by atoms with Crippen molar-refractivity contribution in [2.75, 3.05) is 52.6 Å². The third-order valence-electron chi connectivity index (χ3n) is 6.17. The average molecular weight is 431 g/mol. The summed E-state index contributed by atoms with van der Waals surface area (Å²) in [6.45, 7) is 13.7. The smallest absolute Gasteiger partial charge is 0.191 e. The number of likely N-dealkylation sites (tertiary alicyclic amines) is 1. The molecule has 6 heteroatoms. The van der Waals surface area contributed by atoms with E-state index in [2.05, 4.69) is 53.6 Å². The van der Waals surface area contributed by atoms with E-state index in [-0.39, 0.29) is 0 Å². The molecular weight excluding hydrogens is 388 g/mol. The second kappa shape index (κ2) is 13.7. The molecule has 2 fully saturated rings. The van der Waals surface area contributed by atoms with Crippen molar-refractivity contribution in [2.24, 2.45) is 16.8 Å². The number of piperidine rings is 1. The Labute approximate surface area is 188 Å². The van der Waals surface area contributed by atoms with E-state index in [0.717, 1.165) is 70.8 Å². The molecule has 2 aliphatic rings.